The molecule has 0 radical (unpaired) electrons. The fraction of sp³-hybridized carbons (Fsp3) is 0.111. The van der Waals surface area contributed by atoms with Crippen molar-refractivity contribution in [2.75, 3.05) is 19.1 Å². The van der Waals surface area contributed by atoms with E-state index in [9.17, 15) is 14.9 Å². The minimum Gasteiger partial charge on any atom is -0.496 e. The van der Waals surface area contributed by atoms with Gasteiger partial charge in [-0.3, -0.25) is 19.8 Å². The molecule has 0 bridgehead atoms. The molecule has 0 atom stereocenters. The van der Waals surface area contributed by atoms with Gasteiger partial charge in [-0.1, -0.05) is 48.2 Å². The van der Waals surface area contributed by atoms with Crippen LogP contribution in [0.1, 0.15) is 5.56 Å². The lowest BCUT2D eigenvalue weighted by Crippen LogP contribution is -2.33. The van der Waals surface area contributed by atoms with Crippen LogP contribution in [-0.2, 0) is 4.79 Å². The number of carbonyl (C=O) groups is 1. The Hall–Kier alpha value is -2.91. The van der Waals surface area contributed by atoms with Crippen LogP contribution in [0.4, 0.5) is 11.4 Å². The van der Waals surface area contributed by atoms with E-state index in [1.165, 1.54) is 28.8 Å². The number of hydrogen-bond acceptors (Lipinski definition) is 7. The van der Waals surface area contributed by atoms with E-state index >= 15 is 0 Å². The van der Waals surface area contributed by atoms with Crippen molar-refractivity contribution < 1.29 is 14.5 Å². The van der Waals surface area contributed by atoms with Crippen molar-refractivity contribution in [2.45, 2.75) is 0 Å². The Balaban J connectivity index is 1.74. The van der Waals surface area contributed by atoms with Gasteiger partial charge >= 0.3 is 0 Å². The predicted octanol–water partition coefficient (Wildman–Crippen LogP) is 3.87. The molecule has 1 aliphatic heterocycles. The topological polar surface area (TPSA) is 84.7 Å². The quantitative estimate of drug-likeness (QED) is 0.340. The number of nitro groups is 1. The van der Waals surface area contributed by atoms with Crippen molar-refractivity contribution in [3.05, 3.63) is 69.1 Å². The van der Waals surface area contributed by atoms with Gasteiger partial charge in [-0.15, -0.1) is 0 Å². The van der Waals surface area contributed by atoms with Crippen molar-refractivity contribution in [3.63, 3.8) is 0 Å². The van der Waals surface area contributed by atoms with E-state index in [0.717, 1.165) is 5.56 Å². The number of amides is 1. The summed E-state index contributed by atoms with van der Waals surface area (Å²) in [6.07, 6.45) is 1.74. The van der Waals surface area contributed by atoms with Crippen LogP contribution in [0, 0.1) is 10.1 Å². The fourth-order valence-electron chi connectivity index (χ4n) is 2.46. The maximum absolute atomic E-state index is 12.7. The van der Waals surface area contributed by atoms with Crippen molar-refractivity contribution >= 4 is 51.7 Å². The SMILES string of the molecule is COc1ccccc1/C=C1/SC(=S)N(CNc2cccc([N+](=O)[O-])c2)C1=O. The summed E-state index contributed by atoms with van der Waals surface area (Å²) in [6.45, 7) is 0.120. The zero-order valence-corrected chi connectivity index (χ0v) is 15.9. The standard InChI is InChI=1S/C18H15N3O4S2/c1-25-15-8-3-2-5-12(15)9-16-17(22)20(18(26)27-16)11-19-13-6-4-7-14(10-13)21(23)24/h2-10,19H,11H2,1H3/b16-9+. The van der Waals surface area contributed by atoms with Gasteiger partial charge in [0.2, 0.25) is 0 Å². The van der Waals surface area contributed by atoms with Crippen LogP contribution in [0.3, 0.4) is 0 Å². The smallest absolute Gasteiger partial charge is 0.271 e. The number of nitro benzene ring substituents is 1. The molecule has 0 saturated carbocycles. The first-order chi connectivity index (χ1) is 13.0. The lowest BCUT2D eigenvalue weighted by atomic mass is 10.2. The molecule has 27 heavy (non-hydrogen) atoms. The summed E-state index contributed by atoms with van der Waals surface area (Å²) in [4.78, 5) is 25.0. The first-order valence-electron chi connectivity index (χ1n) is 7.86. The molecule has 1 N–H and O–H groups in total. The summed E-state index contributed by atoms with van der Waals surface area (Å²) in [5, 5.41) is 13.9. The molecular formula is C18H15N3O4S2. The third-order valence-corrected chi connectivity index (χ3v) is 5.18. The predicted molar refractivity (Wildman–Crippen MR) is 110 cm³/mol. The summed E-state index contributed by atoms with van der Waals surface area (Å²) in [6, 6.07) is 13.5. The maximum atomic E-state index is 12.7. The second-order valence-corrected chi connectivity index (χ2v) is 7.17. The molecule has 0 unspecified atom stereocenters. The van der Waals surface area contributed by atoms with Gasteiger partial charge in [0.05, 0.1) is 23.6 Å². The second kappa shape index (κ2) is 8.19. The van der Waals surface area contributed by atoms with Gasteiger partial charge in [0.25, 0.3) is 11.6 Å². The maximum Gasteiger partial charge on any atom is 0.271 e. The molecule has 1 amide bonds. The van der Waals surface area contributed by atoms with E-state index in [0.29, 0.717) is 20.7 Å². The van der Waals surface area contributed by atoms with E-state index < -0.39 is 4.92 Å². The van der Waals surface area contributed by atoms with Crippen molar-refractivity contribution in [1.82, 2.24) is 4.90 Å². The van der Waals surface area contributed by atoms with Crippen LogP contribution in [0.15, 0.2) is 53.4 Å². The Kier molecular flexibility index (Phi) is 5.72. The first-order valence-corrected chi connectivity index (χ1v) is 9.09. The summed E-state index contributed by atoms with van der Waals surface area (Å²) in [5.41, 5.74) is 1.29. The number of thiocarbonyl (C=S) groups is 1. The summed E-state index contributed by atoms with van der Waals surface area (Å²) < 4.78 is 5.72. The summed E-state index contributed by atoms with van der Waals surface area (Å²) in [5.74, 6) is 0.436. The Morgan fingerprint density at radius 1 is 1.30 bits per heavy atom. The Bertz CT molecular complexity index is 946. The zero-order chi connectivity index (χ0) is 19.4. The molecule has 0 spiro atoms. The number of non-ortho nitro benzene ring substituents is 1. The van der Waals surface area contributed by atoms with Gasteiger partial charge in [0.15, 0.2) is 0 Å². The molecule has 0 aromatic heterocycles. The van der Waals surface area contributed by atoms with Crippen LogP contribution in [0.2, 0.25) is 0 Å². The molecule has 3 rings (SSSR count). The number of hydrogen-bond donors (Lipinski definition) is 1. The molecule has 138 valence electrons. The highest BCUT2D eigenvalue weighted by Gasteiger charge is 2.32. The van der Waals surface area contributed by atoms with Gasteiger partial charge in [0, 0.05) is 23.4 Å². The lowest BCUT2D eigenvalue weighted by Gasteiger charge is -2.16. The molecule has 1 fully saturated rings. The minimum atomic E-state index is -0.471. The van der Waals surface area contributed by atoms with Gasteiger partial charge in [0.1, 0.15) is 10.1 Å². The van der Waals surface area contributed by atoms with Gasteiger partial charge in [-0.05, 0) is 18.2 Å². The number of rotatable bonds is 6. The molecule has 2 aromatic carbocycles. The third kappa shape index (κ3) is 4.26. The van der Waals surface area contributed by atoms with E-state index in [2.05, 4.69) is 5.32 Å². The fourth-order valence-corrected chi connectivity index (χ4v) is 3.71. The van der Waals surface area contributed by atoms with Gasteiger partial charge in [-0.25, -0.2) is 0 Å². The second-order valence-electron chi connectivity index (χ2n) is 5.49. The summed E-state index contributed by atoms with van der Waals surface area (Å²) >= 11 is 6.51. The monoisotopic (exact) mass is 401 g/mol. The number of nitrogens with one attached hydrogen (secondary N) is 1. The molecule has 9 heteroatoms. The third-order valence-electron chi connectivity index (χ3n) is 3.80. The number of anilines is 1. The van der Waals surface area contributed by atoms with Crippen LogP contribution in [0.5, 0.6) is 5.75 Å². The number of thioether (sulfide) groups is 1. The van der Waals surface area contributed by atoms with E-state index in [1.54, 1.807) is 25.3 Å². The Morgan fingerprint density at radius 3 is 2.81 bits per heavy atom. The summed E-state index contributed by atoms with van der Waals surface area (Å²) in [7, 11) is 1.57. The van der Waals surface area contributed by atoms with Gasteiger partial charge in [-0.2, -0.15) is 0 Å². The molecule has 2 aromatic rings. The highest BCUT2D eigenvalue weighted by Crippen LogP contribution is 2.34. The van der Waals surface area contributed by atoms with Gasteiger partial charge < -0.3 is 10.1 Å². The Labute approximate surface area is 165 Å². The van der Waals surface area contributed by atoms with Crippen molar-refractivity contribution in [3.8, 4) is 5.75 Å². The van der Waals surface area contributed by atoms with E-state index in [4.69, 9.17) is 17.0 Å². The lowest BCUT2D eigenvalue weighted by molar-refractivity contribution is -0.384. The largest absolute Gasteiger partial charge is 0.496 e. The average molecular weight is 401 g/mol. The van der Waals surface area contributed by atoms with Crippen LogP contribution in [0.25, 0.3) is 6.08 Å². The first kappa shape index (κ1) is 18.9. The number of benzene rings is 2. The average Bonchev–Trinajstić information content (AvgIpc) is 2.93. The number of ether oxygens (including phenoxy) is 1. The number of para-hydroxylation sites is 1. The number of nitrogens with zero attached hydrogens (tertiary/aromatic N) is 2. The minimum absolute atomic E-state index is 0.0264. The van der Waals surface area contributed by atoms with E-state index in [1.807, 2.05) is 24.3 Å². The molecule has 1 saturated heterocycles. The number of carbonyl (C=O) groups excluding carboxylic acids is 1. The molecule has 0 aliphatic carbocycles. The molecule has 1 heterocycles. The van der Waals surface area contributed by atoms with Crippen molar-refractivity contribution in [1.29, 1.82) is 0 Å². The molecular weight excluding hydrogens is 386 g/mol. The normalized spacial score (nSPS) is 15.3. The zero-order valence-electron chi connectivity index (χ0n) is 14.2. The van der Waals surface area contributed by atoms with Crippen LogP contribution >= 0.6 is 24.0 Å². The van der Waals surface area contributed by atoms with Crippen LogP contribution in [-0.4, -0.2) is 33.8 Å². The van der Waals surface area contributed by atoms with Crippen molar-refractivity contribution in [2.24, 2.45) is 0 Å². The molecule has 1 aliphatic rings. The highest BCUT2D eigenvalue weighted by atomic mass is 32.2. The number of methoxy groups -OCH3 is 1. The highest BCUT2D eigenvalue weighted by molar-refractivity contribution is 8.26. The molecule has 7 nitrogen and oxygen atoms in total. The van der Waals surface area contributed by atoms with Crippen LogP contribution < -0.4 is 10.1 Å². The Morgan fingerprint density at radius 2 is 2.07 bits per heavy atom. The van der Waals surface area contributed by atoms with E-state index in [-0.39, 0.29) is 18.3 Å².